The van der Waals surface area contributed by atoms with Crippen molar-refractivity contribution in [1.82, 2.24) is 9.71 Å². The fourth-order valence-corrected chi connectivity index (χ4v) is 3.68. The third-order valence-electron chi connectivity index (χ3n) is 2.99. The molecule has 0 radical (unpaired) electrons. The summed E-state index contributed by atoms with van der Waals surface area (Å²) in [6, 6.07) is 15.7. The molecular weight excluding hydrogens is 334 g/mol. The number of fused-ring (bicyclic) bond motifs is 1. The number of carbonyl (C=O) groups is 1. The summed E-state index contributed by atoms with van der Waals surface area (Å²) in [7, 11) is -3.81. The highest BCUT2D eigenvalue weighted by atomic mass is 32.2. The van der Waals surface area contributed by atoms with Crippen LogP contribution in [0.2, 0.25) is 0 Å². The fraction of sp³-hybridized carbons (Fsp3) is 0.0667. The van der Waals surface area contributed by atoms with E-state index in [1.54, 1.807) is 30.3 Å². The number of nitrogens with zero attached hydrogens (tertiary/aromatic N) is 1. The van der Waals surface area contributed by atoms with Crippen molar-refractivity contribution in [3.05, 3.63) is 60.2 Å². The van der Waals surface area contributed by atoms with E-state index in [2.05, 4.69) is 10.3 Å². The molecule has 8 heteroatoms. The van der Waals surface area contributed by atoms with Crippen molar-refractivity contribution >= 4 is 42.6 Å². The van der Waals surface area contributed by atoms with Gasteiger partial charge in [0.1, 0.15) is 5.88 Å². The number of thiazole rings is 1. The van der Waals surface area contributed by atoms with Gasteiger partial charge in [0.25, 0.3) is 15.9 Å². The molecule has 0 saturated heterocycles. The van der Waals surface area contributed by atoms with Gasteiger partial charge in [0.05, 0.1) is 10.2 Å². The van der Waals surface area contributed by atoms with Gasteiger partial charge in [-0.05, 0) is 24.3 Å². The van der Waals surface area contributed by atoms with Crippen molar-refractivity contribution in [3.8, 4) is 0 Å². The van der Waals surface area contributed by atoms with E-state index < -0.39 is 21.8 Å². The molecule has 118 valence electrons. The van der Waals surface area contributed by atoms with Gasteiger partial charge in [-0.3, -0.25) is 4.79 Å². The average Bonchev–Trinajstić information content (AvgIpc) is 2.96. The lowest BCUT2D eigenvalue weighted by Gasteiger charge is -2.07. The van der Waals surface area contributed by atoms with Gasteiger partial charge in [-0.25, -0.2) is 18.1 Å². The topological polar surface area (TPSA) is 88.2 Å². The van der Waals surface area contributed by atoms with E-state index in [0.29, 0.717) is 5.13 Å². The maximum atomic E-state index is 12.0. The molecule has 6 nitrogen and oxygen atoms in total. The lowest BCUT2D eigenvalue weighted by Crippen LogP contribution is -2.34. The van der Waals surface area contributed by atoms with Crippen LogP contribution >= 0.6 is 11.3 Å². The Hall–Kier alpha value is -2.45. The molecule has 0 saturated carbocycles. The largest absolute Gasteiger partial charge is 0.346 e. The van der Waals surface area contributed by atoms with Crippen molar-refractivity contribution in [1.29, 1.82) is 0 Å². The Labute approximate surface area is 137 Å². The van der Waals surface area contributed by atoms with Crippen LogP contribution in [-0.4, -0.2) is 25.2 Å². The zero-order valence-electron chi connectivity index (χ0n) is 11.9. The number of anilines is 1. The monoisotopic (exact) mass is 347 g/mol. The van der Waals surface area contributed by atoms with Gasteiger partial charge in [0, 0.05) is 5.56 Å². The number of amides is 1. The van der Waals surface area contributed by atoms with Crippen LogP contribution in [0.15, 0.2) is 54.6 Å². The van der Waals surface area contributed by atoms with Gasteiger partial charge < -0.3 is 5.32 Å². The lowest BCUT2D eigenvalue weighted by molar-refractivity contribution is 0.0981. The highest BCUT2D eigenvalue weighted by Gasteiger charge is 2.16. The standard InChI is InChI=1S/C15H13N3O3S2/c19-14(11-6-2-1-3-7-11)18-23(20,21)10-16-15-17-12-8-4-5-9-13(12)22-15/h1-9H,10H2,(H,16,17)(H,18,19). The Balaban J connectivity index is 1.65. The molecule has 23 heavy (non-hydrogen) atoms. The Morgan fingerprint density at radius 2 is 1.74 bits per heavy atom. The summed E-state index contributed by atoms with van der Waals surface area (Å²) in [6.07, 6.45) is 0. The first kappa shape index (κ1) is 15.4. The van der Waals surface area contributed by atoms with E-state index in [0.717, 1.165) is 10.2 Å². The van der Waals surface area contributed by atoms with Crippen LogP contribution in [0.4, 0.5) is 5.13 Å². The SMILES string of the molecule is O=C(NS(=O)(=O)CNc1nc2ccccc2s1)c1ccccc1. The zero-order chi connectivity index (χ0) is 16.3. The molecule has 3 aromatic rings. The number of carbonyl (C=O) groups excluding carboxylic acids is 1. The summed E-state index contributed by atoms with van der Waals surface area (Å²) in [5, 5.41) is 3.23. The molecule has 0 spiro atoms. The van der Waals surface area contributed by atoms with Crippen LogP contribution in [0.5, 0.6) is 0 Å². The predicted molar refractivity (Wildman–Crippen MR) is 90.9 cm³/mol. The summed E-state index contributed by atoms with van der Waals surface area (Å²) < 4.78 is 27.0. The number of hydrogen-bond acceptors (Lipinski definition) is 6. The van der Waals surface area contributed by atoms with Crippen LogP contribution in [0.1, 0.15) is 10.4 Å². The van der Waals surface area contributed by atoms with Crippen LogP contribution in [0.25, 0.3) is 10.2 Å². The third-order valence-corrected chi connectivity index (χ3v) is 5.01. The number of aromatic nitrogens is 1. The Bertz CT molecular complexity index is 904. The van der Waals surface area contributed by atoms with Crippen LogP contribution in [0, 0.1) is 0 Å². The van der Waals surface area contributed by atoms with Crippen molar-refractivity contribution in [2.45, 2.75) is 0 Å². The Kier molecular flexibility index (Phi) is 4.26. The third kappa shape index (κ3) is 3.85. The number of sulfonamides is 1. The normalized spacial score (nSPS) is 11.3. The van der Waals surface area contributed by atoms with Crippen LogP contribution in [-0.2, 0) is 10.0 Å². The van der Waals surface area contributed by atoms with Gasteiger partial charge in [0.2, 0.25) is 0 Å². The number of para-hydroxylation sites is 1. The Morgan fingerprint density at radius 1 is 1.04 bits per heavy atom. The van der Waals surface area contributed by atoms with Crippen LogP contribution < -0.4 is 10.0 Å². The predicted octanol–water partition coefficient (Wildman–Crippen LogP) is 2.43. The van der Waals surface area contributed by atoms with Crippen molar-refractivity contribution in [2.24, 2.45) is 0 Å². The molecule has 1 aromatic heterocycles. The molecule has 2 N–H and O–H groups in total. The number of nitrogens with one attached hydrogen (secondary N) is 2. The average molecular weight is 347 g/mol. The van der Waals surface area contributed by atoms with E-state index in [-0.39, 0.29) is 5.56 Å². The molecule has 0 atom stereocenters. The van der Waals surface area contributed by atoms with Crippen LogP contribution in [0.3, 0.4) is 0 Å². The number of benzene rings is 2. The summed E-state index contributed by atoms with van der Waals surface area (Å²) in [6.45, 7) is 0. The molecule has 2 aromatic carbocycles. The summed E-state index contributed by atoms with van der Waals surface area (Å²) in [5.74, 6) is -1.08. The van der Waals surface area contributed by atoms with E-state index in [1.807, 2.05) is 29.0 Å². The molecule has 0 fully saturated rings. The second kappa shape index (κ2) is 6.35. The minimum absolute atomic E-state index is 0.288. The smallest absolute Gasteiger partial charge is 0.264 e. The highest BCUT2D eigenvalue weighted by Crippen LogP contribution is 2.25. The minimum Gasteiger partial charge on any atom is -0.346 e. The highest BCUT2D eigenvalue weighted by molar-refractivity contribution is 7.90. The molecule has 0 aliphatic carbocycles. The van der Waals surface area contributed by atoms with Gasteiger partial charge in [-0.1, -0.05) is 41.7 Å². The quantitative estimate of drug-likeness (QED) is 0.740. The second-order valence-corrected chi connectivity index (χ2v) is 7.47. The van der Waals surface area contributed by atoms with Gasteiger partial charge in [0.15, 0.2) is 5.13 Å². The number of rotatable bonds is 5. The molecule has 1 amide bonds. The molecular formula is C15H13N3O3S2. The molecule has 0 bridgehead atoms. The van der Waals surface area contributed by atoms with E-state index in [9.17, 15) is 13.2 Å². The lowest BCUT2D eigenvalue weighted by atomic mass is 10.2. The van der Waals surface area contributed by atoms with E-state index >= 15 is 0 Å². The zero-order valence-corrected chi connectivity index (χ0v) is 13.5. The maximum Gasteiger partial charge on any atom is 0.264 e. The second-order valence-electron chi connectivity index (χ2n) is 4.72. The fourth-order valence-electron chi connectivity index (χ4n) is 1.93. The first-order valence-corrected chi connectivity index (χ1v) is 9.20. The number of hydrogen-bond donors (Lipinski definition) is 2. The van der Waals surface area contributed by atoms with Crippen molar-refractivity contribution in [3.63, 3.8) is 0 Å². The van der Waals surface area contributed by atoms with E-state index in [1.165, 1.54) is 11.3 Å². The van der Waals surface area contributed by atoms with Crippen molar-refractivity contribution < 1.29 is 13.2 Å². The summed E-state index contributed by atoms with van der Waals surface area (Å²) in [4.78, 5) is 16.2. The van der Waals surface area contributed by atoms with Gasteiger partial charge in [-0.2, -0.15) is 0 Å². The molecule has 0 aliphatic heterocycles. The first-order valence-electron chi connectivity index (χ1n) is 6.73. The summed E-state index contributed by atoms with van der Waals surface area (Å²) in [5.41, 5.74) is 1.08. The molecule has 1 heterocycles. The van der Waals surface area contributed by atoms with Crippen molar-refractivity contribution in [2.75, 3.05) is 11.2 Å². The molecule has 0 unspecified atom stereocenters. The minimum atomic E-state index is -3.81. The first-order chi connectivity index (χ1) is 11.0. The molecule has 0 aliphatic rings. The maximum absolute atomic E-state index is 12.0. The van der Waals surface area contributed by atoms with Gasteiger partial charge >= 0.3 is 0 Å². The molecule has 3 rings (SSSR count). The van der Waals surface area contributed by atoms with Gasteiger partial charge in [-0.15, -0.1) is 0 Å². The Morgan fingerprint density at radius 3 is 2.48 bits per heavy atom. The van der Waals surface area contributed by atoms with E-state index in [4.69, 9.17) is 0 Å². The summed E-state index contributed by atoms with van der Waals surface area (Å²) >= 11 is 1.35.